The molecule has 310 valence electrons. The van der Waals surface area contributed by atoms with Gasteiger partial charge in [-0.1, -0.05) is 96.3 Å². The summed E-state index contributed by atoms with van der Waals surface area (Å²) in [4.78, 5) is -0.377. The number of hydrogen-bond donors (Lipinski definition) is 0. The second-order valence-corrected chi connectivity index (χ2v) is 21.0. The van der Waals surface area contributed by atoms with Gasteiger partial charge in [0.15, 0.2) is 69.8 Å². The molecule has 0 saturated heterocycles. The summed E-state index contributed by atoms with van der Waals surface area (Å²) in [5.74, 6) is -45.4. The van der Waals surface area contributed by atoms with Crippen LogP contribution < -0.4 is 4.90 Å². The summed E-state index contributed by atoms with van der Waals surface area (Å²) in [5, 5.41) is 0. The Morgan fingerprint density at radius 1 is 0.429 bits per heavy atom. The van der Waals surface area contributed by atoms with Crippen LogP contribution in [0.4, 0.5) is 81.6 Å². The molecule has 1 aliphatic carbocycles. The molecule has 0 unspecified atom stereocenters. The van der Waals surface area contributed by atoms with Crippen molar-refractivity contribution in [3.05, 3.63) is 86.8 Å². The standard InChI is InChI=1S/C38H37F16NSi/c1-15(2)56(16(3)4,17(5)6)14-12-10-8-7-9-11-13-55(36-25(42)20-21(27(44)33(36)50)38(53,54)37(52)26(20)43)35-19(24(41)30(47)32(49)34(35)51)18-22(39)28(45)31(48)29(46)23(18)40/h15-17H,7-14H2,1-6H3. The second kappa shape index (κ2) is 16.6. The number of nitrogens with zero attached hydrogens (tertiary/aromatic N) is 1. The number of alkyl halides is 2. The fourth-order valence-corrected chi connectivity index (χ4v) is 14.9. The molecule has 1 nitrogen and oxygen atoms in total. The van der Waals surface area contributed by atoms with Crippen molar-refractivity contribution < 1.29 is 70.2 Å². The Hall–Kier alpha value is -3.70. The average molecular weight is 840 g/mol. The molecular formula is C38H37F16NSi. The SMILES string of the molecule is CC(C)[Si](CCCCCCCCN(c1c(F)c(F)c2c(c1F)C(F)=C(F)C2(F)F)c1c(F)c(F)c(F)c(F)c1-c1c(F)c(F)c(F)c(F)c1F)(C(C)C)C(C)C. The van der Waals surface area contributed by atoms with Gasteiger partial charge in [-0.2, -0.15) is 8.78 Å². The van der Waals surface area contributed by atoms with Gasteiger partial charge in [-0.15, -0.1) is 0 Å². The number of rotatable bonds is 15. The summed E-state index contributed by atoms with van der Waals surface area (Å²) in [6.07, 6.45) is 1.83. The van der Waals surface area contributed by atoms with Crippen LogP contribution >= 0.6 is 0 Å². The normalized spacial score (nSPS) is 14.3. The van der Waals surface area contributed by atoms with E-state index in [1.54, 1.807) is 0 Å². The van der Waals surface area contributed by atoms with Crippen molar-refractivity contribution in [1.82, 2.24) is 0 Å². The monoisotopic (exact) mass is 839 g/mol. The highest BCUT2D eigenvalue weighted by molar-refractivity contribution is 6.83. The van der Waals surface area contributed by atoms with E-state index in [2.05, 4.69) is 41.5 Å². The molecule has 18 heteroatoms. The van der Waals surface area contributed by atoms with Gasteiger partial charge in [-0.05, 0) is 6.42 Å². The predicted octanol–water partition coefficient (Wildman–Crippen LogP) is 14.9. The lowest BCUT2D eigenvalue weighted by atomic mass is 9.97. The van der Waals surface area contributed by atoms with E-state index in [4.69, 9.17) is 0 Å². The van der Waals surface area contributed by atoms with E-state index < -0.39 is 142 Å². The van der Waals surface area contributed by atoms with Crippen LogP contribution in [0, 0.1) is 69.8 Å². The minimum Gasteiger partial charge on any atom is -0.334 e. The number of halogens is 16. The van der Waals surface area contributed by atoms with E-state index in [-0.39, 0.29) is 11.3 Å². The molecule has 4 rings (SSSR count). The van der Waals surface area contributed by atoms with Crippen molar-refractivity contribution in [2.24, 2.45) is 0 Å². The fraction of sp³-hybridized carbons (Fsp3) is 0.474. The van der Waals surface area contributed by atoms with Gasteiger partial charge >= 0.3 is 5.92 Å². The van der Waals surface area contributed by atoms with Gasteiger partial charge in [0.25, 0.3) is 0 Å². The molecule has 0 saturated carbocycles. The molecule has 0 aliphatic heterocycles. The molecule has 0 atom stereocenters. The summed E-state index contributed by atoms with van der Waals surface area (Å²) in [5.41, 5.74) is -12.6. The van der Waals surface area contributed by atoms with Crippen molar-refractivity contribution in [2.45, 2.75) is 109 Å². The van der Waals surface area contributed by atoms with Crippen LogP contribution in [0.25, 0.3) is 17.0 Å². The smallest absolute Gasteiger partial charge is 0.330 e. The maximum absolute atomic E-state index is 16.1. The van der Waals surface area contributed by atoms with Crippen molar-refractivity contribution in [3.63, 3.8) is 0 Å². The molecule has 0 amide bonds. The first-order valence-electron chi connectivity index (χ1n) is 17.7. The zero-order valence-electron chi connectivity index (χ0n) is 30.9. The Bertz CT molecular complexity index is 1990. The first kappa shape index (κ1) is 45.0. The summed E-state index contributed by atoms with van der Waals surface area (Å²) >= 11 is 0. The van der Waals surface area contributed by atoms with E-state index in [0.29, 0.717) is 35.9 Å². The molecule has 0 N–H and O–H groups in total. The van der Waals surface area contributed by atoms with E-state index >= 15 is 30.7 Å². The van der Waals surface area contributed by atoms with Gasteiger partial charge in [0.05, 0.1) is 36.0 Å². The van der Waals surface area contributed by atoms with Gasteiger partial charge in [-0.3, -0.25) is 0 Å². The number of fused-ring (bicyclic) bond motifs is 1. The third-order valence-corrected chi connectivity index (χ3v) is 18.7. The molecule has 1 aliphatic rings. The maximum atomic E-state index is 16.1. The molecule has 0 aromatic heterocycles. The molecule has 0 fully saturated rings. The van der Waals surface area contributed by atoms with E-state index in [1.165, 1.54) is 0 Å². The fourth-order valence-electron chi connectivity index (χ4n) is 8.28. The van der Waals surface area contributed by atoms with Gasteiger partial charge < -0.3 is 4.90 Å². The first-order valence-corrected chi connectivity index (χ1v) is 20.2. The van der Waals surface area contributed by atoms with Crippen LogP contribution in [-0.4, -0.2) is 14.6 Å². The maximum Gasteiger partial charge on any atom is 0.330 e. The number of allylic oxidation sites excluding steroid dienone is 1. The highest BCUT2D eigenvalue weighted by atomic mass is 28.3. The predicted molar refractivity (Wildman–Crippen MR) is 181 cm³/mol. The van der Waals surface area contributed by atoms with Crippen molar-refractivity contribution in [2.75, 3.05) is 11.4 Å². The van der Waals surface area contributed by atoms with Crippen LogP contribution in [0.1, 0.15) is 91.2 Å². The van der Waals surface area contributed by atoms with E-state index in [0.717, 1.165) is 12.5 Å². The highest BCUT2D eigenvalue weighted by Gasteiger charge is 2.54. The van der Waals surface area contributed by atoms with Crippen LogP contribution in [0.15, 0.2) is 5.83 Å². The molecule has 0 bridgehead atoms. The second-order valence-electron chi connectivity index (χ2n) is 14.8. The third kappa shape index (κ3) is 7.20. The molecule has 3 aromatic rings. The van der Waals surface area contributed by atoms with Gasteiger partial charge in [-0.25, -0.2) is 61.5 Å². The lowest BCUT2D eigenvalue weighted by Crippen LogP contribution is -2.44. The largest absolute Gasteiger partial charge is 0.334 e. The quantitative estimate of drug-likeness (QED) is 0.0484. The third-order valence-electron chi connectivity index (χ3n) is 11.0. The minimum absolute atomic E-state index is 0.0130. The van der Waals surface area contributed by atoms with Crippen molar-refractivity contribution in [3.8, 4) is 11.1 Å². The van der Waals surface area contributed by atoms with E-state index in [9.17, 15) is 39.5 Å². The Labute approximate surface area is 313 Å². The lowest BCUT2D eigenvalue weighted by Gasteiger charge is -2.43. The Balaban J connectivity index is 1.86. The molecule has 0 heterocycles. The van der Waals surface area contributed by atoms with Crippen LogP contribution in [0.2, 0.25) is 22.7 Å². The van der Waals surface area contributed by atoms with Crippen LogP contribution in [0.3, 0.4) is 0 Å². The number of hydrogen-bond acceptors (Lipinski definition) is 1. The Kier molecular flexibility index (Phi) is 13.4. The Morgan fingerprint density at radius 2 is 0.821 bits per heavy atom. The first-order chi connectivity index (χ1) is 25.9. The van der Waals surface area contributed by atoms with Gasteiger partial charge in [0.1, 0.15) is 5.69 Å². The highest BCUT2D eigenvalue weighted by Crippen LogP contribution is 2.55. The number of benzene rings is 3. The number of unbranched alkanes of at least 4 members (excludes halogenated alkanes) is 5. The zero-order valence-corrected chi connectivity index (χ0v) is 31.9. The molecule has 56 heavy (non-hydrogen) atoms. The lowest BCUT2D eigenvalue weighted by molar-refractivity contribution is 0.0139. The topological polar surface area (TPSA) is 3.24 Å². The summed E-state index contributed by atoms with van der Waals surface area (Å²) in [6.45, 7) is 11.9. The van der Waals surface area contributed by atoms with Crippen LogP contribution in [0.5, 0.6) is 0 Å². The van der Waals surface area contributed by atoms with Crippen molar-refractivity contribution >= 4 is 25.3 Å². The Morgan fingerprint density at radius 3 is 1.30 bits per heavy atom. The van der Waals surface area contributed by atoms with E-state index in [1.807, 2.05) is 0 Å². The minimum atomic E-state index is -5.31. The average Bonchev–Trinajstić information content (AvgIpc) is 3.31. The molecule has 0 radical (unpaired) electrons. The zero-order chi connectivity index (χ0) is 42.5. The van der Waals surface area contributed by atoms with Gasteiger partial charge in [0, 0.05) is 6.54 Å². The molecule has 3 aromatic carbocycles. The summed E-state index contributed by atoms with van der Waals surface area (Å²) in [6, 6.07) is 0.988. The molecule has 0 spiro atoms. The number of anilines is 2. The van der Waals surface area contributed by atoms with Crippen LogP contribution in [-0.2, 0) is 5.92 Å². The summed E-state index contributed by atoms with van der Waals surface area (Å²) in [7, 11) is -1.76. The summed E-state index contributed by atoms with van der Waals surface area (Å²) < 4.78 is 239. The van der Waals surface area contributed by atoms with Crippen molar-refractivity contribution in [1.29, 1.82) is 0 Å². The molecular weight excluding hydrogens is 802 g/mol. The van der Waals surface area contributed by atoms with Gasteiger partial charge in [0.2, 0.25) is 11.6 Å².